The molecule has 0 spiro atoms. The third-order valence-corrected chi connectivity index (χ3v) is 5.29. The Morgan fingerprint density at radius 3 is 2.89 bits per heavy atom. The molecule has 1 aliphatic rings. The van der Waals surface area contributed by atoms with Gasteiger partial charge >= 0.3 is 0 Å². The van der Waals surface area contributed by atoms with E-state index in [1.807, 2.05) is 23.6 Å². The van der Waals surface area contributed by atoms with E-state index in [2.05, 4.69) is 27.3 Å². The molecule has 0 unspecified atom stereocenters. The highest BCUT2D eigenvalue weighted by atomic mass is 79.9. The SMILES string of the molecule is O=C(NCC1(CCBr)CC1)c1csc2ccccc12. The van der Waals surface area contributed by atoms with Gasteiger partial charge in [-0.3, -0.25) is 4.79 Å². The fourth-order valence-electron chi connectivity index (χ4n) is 2.41. The number of nitrogens with one attached hydrogen (secondary N) is 1. The molecule has 1 heterocycles. The van der Waals surface area contributed by atoms with E-state index in [9.17, 15) is 4.79 Å². The second kappa shape index (κ2) is 5.25. The number of carbonyl (C=O) groups is 1. The van der Waals surface area contributed by atoms with Gasteiger partial charge in [-0.15, -0.1) is 11.3 Å². The number of hydrogen-bond donors (Lipinski definition) is 1. The van der Waals surface area contributed by atoms with Gasteiger partial charge in [-0.1, -0.05) is 34.1 Å². The van der Waals surface area contributed by atoms with Crippen LogP contribution in [0.2, 0.25) is 0 Å². The van der Waals surface area contributed by atoms with Crippen LogP contribution in [0.3, 0.4) is 0 Å². The molecular formula is C15H16BrNOS. The molecule has 2 aromatic rings. The molecule has 2 nitrogen and oxygen atoms in total. The lowest BCUT2D eigenvalue weighted by atomic mass is 10.0. The number of rotatable bonds is 5. The van der Waals surface area contributed by atoms with Crippen molar-refractivity contribution in [3.8, 4) is 0 Å². The van der Waals surface area contributed by atoms with Gasteiger partial charge in [-0.05, 0) is 30.7 Å². The summed E-state index contributed by atoms with van der Waals surface area (Å²) >= 11 is 5.13. The minimum atomic E-state index is 0.0679. The zero-order chi connectivity index (χ0) is 13.3. The van der Waals surface area contributed by atoms with E-state index >= 15 is 0 Å². The Morgan fingerprint density at radius 2 is 2.16 bits per heavy atom. The largest absolute Gasteiger partial charge is 0.351 e. The average Bonchev–Trinajstić information content (AvgIpc) is 3.05. The summed E-state index contributed by atoms with van der Waals surface area (Å²) in [6, 6.07) is 8.07. The lowest BCUT2D eigenvalue weighted by molar-refractivity contribution is 0.0946. The first kappa shape index (κ1) is 13.1. The summed E-state index contributed by atoms with van der Waals surface area (Å²) in [4.78, 5) is 12.3. The molecule has 1 aliphatic carbocycles. The fraction of sp³-hybridized carbons (Fsp3) is 0.400. The molecule has 1 N–H and O–H groups in total. The summed E-state index contributed by atoms with van der Waals surface area (Å²) in [6.07, 6.45) is 3.63. The van der Waals surface area contributed by atoms with Gasteiger partial charge < -0.3 is 5.32 Å². The van der Waals surface area contributed by atoms with Crippen LogP contribution in [0.4, 0.5) is 0 Å². The fourth-order valence-corrected chi connectivity index (χ4v) is 4.19. The summed E-state index contributed by atoms with van der Waals surface area (Å²) in [5.74, 6) is 0.0679. The second-order valence-electron chi connectivity index (χ2n) is 5.27. The molecule has 1 amide bonds. The van der Waals surface area contributed by atoms with Crippen molar-refractivity contribution in [1.29, 1.82) is 0 Å². The summed E-state index contributed by atoms with van der Waals surface area (Å²) in [6.45, 7) is 0.807. The van der Waals surface area contributed by atoms with E-state index in [1.165, 1.54) is 17.5 Å². The lowest BCUT2D eigenvalue weighted by Crippen LogP contribution is -2.30. The quantitative estimate of drug-likeness (QED) is 0.814. The van der Waals surface area contributed by atoms with Crippen LogP contribution in [-0.4, -0.2) is 17.8 Å². The maximum Gasteiger partial charge on any atom is 0.252 e. The van der Waals surface area contributed by atoms with Crippen LogP contribution >= 0.6 is 27.3 Å². The number of halogens is 1. The summed E-state index contributed by atoms with van der Waals surface area (Å²) in [7, 11) is 0. The molecule has 1 aromatic heterocycles. The molecule has 0 radical (unpaired) electrons. The van der Waals surface area contributed by atoms with Gasteiger partial charge in [-0.25, -0.2) is 0 Å². The van der Waals surface area contributed by atoms with Crippen molar-refractivity contribution in [2.45, 2.75) is 19.3 Å². The van der Waals surface area contributed by atoms with Crippen molar-refractivity contribution >= 4 is 43.3 Å². The molecule has 19 heavy (non-hydrogen) atoms. The Bertz CT molecular complexity index is 603. The number of fused-ring (bicyclic) bond motifs is 1. The predicted octanol–water partition coefficient (Wildman–Crippen LogP) is 4.20. The van der Waals surface area contributed by atoms with Crippen molar-refractivity contribution in [1.82, 2.24) is 5.32 Å². The van der Waals surface area contributed by atoms with Crippen molar-refractivity contribution in [2.24, 2.45) is 5.41 Å². The molecule has 0 saturated heterocycles. The third kappa shape index (κ3) is 2.70. The molecule has 1 fully saturated rings. The van der Waals surface area contributed by atoms with Crippen molar-refractivity contribution < 1.29 is 4.79 Å². The summed E-state index contributed by atoms with van der Waals surface area (Å²) < 4.78 is 1.18. The zero-order valence-corrected chi connectivity index (χ0v) is 13.0. The maximum absolute atomic E-state index is 12.3. The minimum absolute atomic E-state index is 0.0679. The van der Waals surface area contributed by atoms with Gasteiger partial charge in [0.2, 0.25) is 0 Å². The Balaban J connectivity index is 1.71. The molecule has 1 aromatic carbocycles. The highest BCUT2D eigenvalue weighted by molar-refractivity contribution is 9.09. The van der Waals surface area contributed by atoms with Gasteiger partial charge in [0, 0.05) is 27.3 Å². The van der Waals surface area contributed by atoms with E-state index in [0.717, 1.165) is 29.2 Å². The number of benzene rings is 1. The van der Waals surface area contributed by atoms with Gasteiger partial charge in [0.15, 0.2) is 0 Å². The van der Waals surface area contributed by atoms with Gasteiger partial charge in [0.1, 0.15) is 0 Å². The highest BCUT2D eigenvalue weighted by Crippen LogP contribution is 2.48. The van der Waals surface area contributed by atoms with Crippen LogP contribution in [0.25, 0.3) is 10.1 Å². The van der Waals surface area contributed by atoms with Crippen LogP contribution in [0, 0.1) is 5.41 Å². The van der Waals surface area contributed by atoms with E-state index < -0.39 is 0 Å². The smallest absolute Gasteiger partial charge is 0.252 e. The van der Waals surface area contributed by atoms with Crippen molar-refractivity contribution in [3.63, 3.8) is 0 Å². The second-order valence-corrected chi connectivity index (χ2v) is 6.97. The molecule has 0 aliphatic heterocycles. The van der Waals surface area contributed by atoms with E-state index in [0.29, 0.717) is 5.41 Å². The average molecular weight is 338 g/mol. The van der Waals surface area contributed by atoms with Crippen LogP contribution in [-0.2, 0) is 0 Å². The molecule has 3 rings (SSSR count). The standard InChI is InChI=1S/C15H16BrNOS/c16-8-7-15(5-6-15)10-17-14(18)12-9-19-13-4-2-1-3-11(12)13/h1-4,9H,5-8,10H2,(H,17,18). The summed E-state index contributed by atoms with van der Waals surface area (Å²) in [5, 5.41) is 7.16. The van der Waals surface area contributed by atoms with Gasteiger partial charge in [0.05, 0.1) is 5.56 Å². The molecule has 4 heteroatoms. The minimum Gasteiger partial charge on any atom is -0.351 e. The molecular weight excluding hydrogens is 322 g/mol. The zero-order valence-electron chi connectivity index (χ0n) is 10.6. The van der Waals surface area contributed by atoms with E-state index in [1.54, 1.807) is 11.3 Å². The van der Waals surface area contributed by atoms with E-state index in [4.69, 9.17) is 0 Å². The van der Waals surface area contributed by atoms with Gasteiger partial charge in [-0.2, -0.15) is 0 Å². The number of amides is 1. The van der Waals surface area contributed by atoms with Crippen molar-refractivity contribution in [2.75, 3.05) is 11.9 Å². The highest BCUT2D eigenvalue weighted by Gasteiger charge is 2.41. The molecule has 0 atom stereocenters. The van der Waals surface area contributed by atoms with E-state index in [-0.39, 0.29) is 5.91 Å². The Labute approximate surface area is 125 Å². The Morgan fingerprint density at radius 1 is 1.37 bits per heavy atom. The summed E-state index contributed by atoms with van der Waals surface area (Å²) in [5.41, 5.74) is 1.18. The first-order valence-electron chi connectivity index (χ1n) is 6.55. The first-order chi connectivity index (χ1) is 9.24. The van der Waals surface area contributed by atoms with Crippen LogP contribution < -0.4 is 5.32 Å². The molecule has 0 bridgehead atoms. The monoisotopic (exact) mass is 337 g/mol. The number of hydrogen-bond acceptors (Lipinski definition) is 2. The normalized spacial score (nSPS) is 16.5. The van der Waals surface area contributed by atoms with Crippen LogP contribution in [0.5, 0.6) is 0 Å². The molecule has 1 saturated carbocycles. The number of alkyl halides is 1. The third-order valence-electron chi connectivity index (χ3n) is 3.93. The van der Waals surface area contributed by atoms with Crippen molar-refractivity contribution in [3.05, 3.63) is 35.2 Å². The Hall–Kier alpha value is -0.870. The predicted molar refractivity (Wildman–Crippen MR) is 84.2 cm³/mol. The topological polar surface area (TPSA) is 29.1 Å². The van der Waals surface area contributed by atoms with Crippen LogP contribution in [0.15, 0.2) is 29.6 Å². The maximum atomic E-state index is 12.3. The lowest BCUT2D eigenvalue weighted by Gasteiger charge is -2.14. The number of carbonyl (C=O) groups excluding carboxylic acids is 1. The number of thiophene rings is 1. The van der Waals surface area contributed by atoms with Gasteiger partial charge in [0.25, 0.3) is 5.91 Å². The molecule has 100 valence electrons. The Kier molecular flexibility index (Phi) is 3.63. The van der Waals surface area contributed by atoms with Crippen LogP contribution in [0.1, 0.15) is 29.6 Å². The first-order valence-corrected chi connectivity index (χ1v) is 8.55.